The van der Waals surface area contributed by atoms with Crippen molar-refractivity contribution in [3.63, 3.8) is 0 Å². The number of carboxylic acids is 1. The van der Waals surface area contributed by atoms with Crippen LogP contribution in [0.15, 0.2) is 48.6 Å². The van der Waals surface area contributed by atoms with E-state index in [4.69, 9.17) is 14.9 Å². The highest BCUT2D eigenvalue weighted by molar-refractivity contribution is 5.85. The zero-order valence-electron chi connectivity index (χ0n) is 19.1. The van der Waals surface area contributed by atoms with E-state index in [1.54, 1.807) is 0 Å². The molecule has 31 heavy (non-hydrogen) atoms. The molecule has 0 saturated carbocycles. The fourth-order valence-corrected chi connectivity index (χ4v) is 3.98. The molecular weight excluding hydrogens is 388 g/mol. The first-order valence-corrected chi connectivity index (χ1v) is 10.8. The number of fused-ring (bicyclic) bond motifs is 1. The van der Waals surface area contributed by atoms with Gasteiger partial charge in [-0.1, -0.05) is 50.3 Å². The predicted molar refractivity (Wildman–Crippen MR) is 125 cm³/mol. The number of rotatable bonds is 9. The van der Waals surface area contributed by atoms with Crippen molar-refractivity contribution in [3.05, 3.63) is 70.9 Å². The molecule has 164 valence electrons. The molecule has 2 aromatic carbocycles. The summed E-state index contributed by atoms with van der Waals surface area (Å²) in [5.41, 5.74) is 5.55. The van der Waals surface area contributed by atoms with Crippen LogP contribution in [0.4, 0.5) is 0 Å². The predicted octanol–water partition coefficient (Wildman–Crippen LogP) is 6.02. The van der Waals surface area contributed by atoms with Gasteiger partial charge < -0.3 is 9.84 Å². The average Bonchev–Trinajstić information content (AvgIpc) is 3.02. The fraction of sp³-hybridized carbons (Fsp3) is 0.385. The number of benzene rings is 2. The van der Waals surface area contributed by atoms with Crippen molar-refractivity contribution in [1.29, 1.82) is 0 Å². The van der Waals surface area contributed by atoms with E-state index in [-0.39, 0.29) is 12.3 Å². The van der Waals surface area contributed by atoms with E-state index < -0.39 is 5.97 Å². The maximum absolute atomic E-state index is 11.1. The molecule has 0 bridgehead atoms. The van der Waals surface area contributed by atoms with Gasteiger partial charge in [0.05, 0.1) is 17.6 Å². The summed E-state index contributed by atoms with van der Waals surface area (Å²) < 4.78 is 8.18. The number of aromatic nitrogens is 2. The number of nitrogens with zero attached hydrogens (tertiary/aromatic N) is 2. The van der Waals surface area contributed by atoms with E-state index >= 15 is 0 Å². The minimum absolute atomic E-state index is 0.0766. The third-order valence-corrected chi connectivity index (χ3v) is 5.52. The third-order valence-electron chi connectivity index (χ3n) is 5.52. The number of carbonyl (C=O) groups is 1. The first-order valence-electron chi connectivity index (χ1n) is 10.8. The molecule has 3 aromatic rings. The van der Waals surface area contributed by atoms with Gasteiger partial charge >= 0.3 is 5.97 Å². The molecule has 0 unspecified atom stereocenters. The highest BCUT2D eigenvalue weighted by atomic mass is 16.5. The van der Waals surface area contributed by atoms with Crippen LogP contribution < -0.4 is 4.74 Å². The molecule has 1 heterocycles. The first-order chi connectivity index (χ1) is 14.8. The number of aliphatic carboxylic acids is 1. The van der Waals surface area contributed by atoms with Crippen molar-refractivity contribution >= 4 is 16.9 Å². The van der Waals surface area contributed by atoms with Gasteiger partial charge in [0.1, 0.15) is 12.4 Å². The van der Waals surface area contributed by atoms with Gasteiger partial charge in [0.25, 0.3) is 0 Å². The van der Waals surface area contributed by atoms with E-state index in [9.17, 15) is 4.79 Å². The Morgan fingerprint density at radius 3 is 2.48 bits per heavy atom. The zero-order chi connectivity index (χ0) is 22.5. The van der Waals surface area contributed by atoms with Crippen LogP contribution in [0, 0.1) is 19.8 Å². The maximum Gasteiger partial charge on any atom is 0.304 e. The normalized spacial score (nSPS) is 12.7. The number of allylic oxidation sites excluding steroid dienone is 2. The topological polar surface area (TPSA) is 64.3 Å². The molecule has 5 nitrogen and oxygen atoms in total. The van der Waals surface area contributed by atoms with Gasteiger partial charge in [0.2, 0.25) is 0 Å². The average molecular weight is 421 g/mol. The lowest BCUT2D eigenvalue weighted by molar-refractivity contribution is -0.137. The van der Waals surface area contributed by atoms with E-state index in [1.807, 2.05) is 43.3 Å². The van der Waals surface area contributed by atoms with Crippen LogP contribution in [0.25, 0.3) is 10.9 Å². The largest absolute Gasteiger partial charge is 0.489 e. The van der Waals surface area contributed by atoms with E-state index in [0.29, 0.717) is 12.5 Å². The Labute approximate surface area is 184 Å². The molecule has 3 rings (SSSR count). The molecule has 0 aliphatic carbocycles. The van der Waals surface area contributed by atoms with Crippen molar-refractivity contribution in [3.8, 4) is 5.75 Å². The van der Waals surface area contributed by atoms with Crippen LogP contribution in [0.1, 0.15) is 55.5 Å². The number of carboxylic acid groups (broad SMARTS) is 1. The zero-order valence-corrected chi connectivity index (χ0v) is 19.1. The fourth-order valence-electron chi connectivity index (χ4n) is 3.98. The van der Waals surface area contributed by atoms with E-state index in [2.05, 4.69) is 44.5 Å². The molecule has 1 atom stereocenters. The SMILES string of the molecule is CC=C[C@H](CC(=O)O)c1ccc(OCc2ccc3c(C)nn(CC(C)C)c3c2C)cc1. The van der Waals surface area contributed by atoms with Gasteiger partial charge in [0, 0.05) is 17.8 Å². The summed E-state index contributed by atoms with van der Waals surface area (Å²) in [5.74, 6) is 0.351. The van der Waals surface area contributed by atoms with Gasteiger partial charge in [0.15, 0.2) is 0 Å². The van der Waals surface area contributed by atoms with Crippen LogP contribution in [0.5, 0.6) is 5.75 Å². The Morgan fingerprint density at radius 2 is 1.87 bits per heavy atom. The minimum atomic E-state index is -0.804. The molecule has 5 heteroatoms. The summed E-state index contributed by atoms with van der Waals surface area (Å²) >= 11 is 0. The summed E-state index contributed by atoms with van der Waals surface area (Å²) in [4.78, 5) is 11.1. The highest BCUT2D eigenvalue weighted by Gasteiger charge is 2.15. The standard InChI is InChI=1S/C26H32N2O3/c1-6-7-21(14-25(29)30)20-8-11-23(12-9-20)31-16-22-10-13-24-19(5)27-28(15-17(2)3)26(24)18(22)4/h6-13,17,21H,14-16H2,1-5H3,(H,29,30)/t21-/m1/s1. The lowest BCUT2D eigenvalue weighted by Crippen LogP contribution is -2.08. The Hall–Kier alpha value is -3.08. The second-order valence-electron chi connectivity index (χ2n) is 8.50. The van der Waals surface area contributed by atoms with Crippen LogP contribution in [-0.2, 0) is 17.9 Å². The number of aryl methyl sites for hydroxylation is 2. The first kappa shape index (κ1) is 22.6. The molecule has 0 aliphatic rings. The second-order valence-corrected chi connectivity index (χ2v) is 8.50. The van der Waals surface area contributed by atoms with Crippen LogP contribution in [-0.4, -0.2) is 20.9 Å². The number of hydrogen-bond acceptors (Lipinski definition) is 3. The van der Waals surface area contributed by atoms with Crippen LogP contribution in [0.3, 0.4) is 0 Å². The lowest BCUT2D eigenvalue weighted by atomic mass is 9.95. The van der Waals surface area contributed by atoms with Crippen molar-refractivity contribution in [1.82, 2.24) is 9.78 Å². The highest BCUT2D eigenvalue weighted by Crippen LogP contribution is 2.28. The Morgan fingerprint density at radius 1 is 1.16 bits per heavy atom. The van der Waals surface area contributed by atoms with Crippen molar-refractivity contribution < 1.29 is 14.6 Å². The third kappa shape index (κ3) is 5.35. The van der Waals surface area contributed by atoms with Gasteiger partial charge in [-0.3, -0.25) is 9.48 Å². The minimum Gasteiger partial charge on any atom is -0.489 e. The summed E-state index contributed by atoms with van der Waals surface area (Å²) in [6.07, 6.45) is 3.89. The molecule has 0 aliphatic heterocycles. The van der Waals surface area contributed by atoms with E-state index in [1.165, 1.54) is 16.5 Å². The monoisotopic (exact) mass is 420 g/mol. The molecule has 0 radical (unpaired) electrons. The summed E-state index contributed by atoms with van der Waals surface area (Å²) in [5, 5.41) is 15.1. The summed E-state index contributed by atoms with van der Waals surface area (Å²) in [6.45, 7) is 11.9. The Kier molecular flexibility index (Phi) is 7.16. The van der Waals surface area contributed by atoms with Crippen LogP contribution >= 0.6 is 0 Å². The maximum atomic E-state index is 11.1. The lowest BCUT2D eigenvalue weighted by Gasteiger charge is -2.14. The number of ether oxygens (including phenoxy) is 1. The Balaban J connectivity index is 1.78. The second kappa shape index (κ2) is 9.82. The quantitative estimate of drug-likeness (QED) is 0.430. The van der Waals surface area contributed by atoms with Crippen molar-refractivity contribution in [2.45, 2.75) is 60.1 Å². The smallest absolute Gasteiger partial charge is 0.304 e. The molecule has 0 spiro atoms. The Bertz CT molecular complexity index is 1080. The molecule has 1 N–H and O–H groups in total. The molecule has 0 amide bonds. The molecule has 0 saturated heterocycles. The van der Waals surface area contributed by atoms with Gasteiger partial charge in [-0.2, -0.15) is 5.10 Å². The summed E-state index contributed by atoms with van der Waals surface area (Å²) in [6, 6.07) is 12.0. The molecular formula is C26H32N2O3. The van der Waals surface area contributed by atoms with Gasteiger partial charge in [-0.15, -0.1) is 0 Å². The van der Waals surface area contributed by atoms with Gasteiger partial charge in [-0.25, -0.2) is 0 Å². The molecule has 1 aromatic heterocycles. The van der Waals surface area contributed by atoms with E-state index in [0.717, 1.165) is 29.1 Å². The molecule has 0 fully saturated rings. The van der Waals surface area contributed by atoms with Crippen molar-refractivity contribution in [2.24, 2.45) is 5.92 Å². The van der Waals surface area contributed by atoms with Crippen molar-refractivity contribution in [2.75, 3.05) is 0 Å². The number of hydrogen-bond donors (Lipinski definition) is 1. The van der Waals surface area contributed by atoms with Gasteiger partial charge in [-0.05, 0) is 55.5 Å². The van der Waals surface area contributed by atoms with Crippen LogP contribution in [0.2, 0.25) is 0 Å². The summed E-state index contributed by atoms with van der Waals surface area (Å²) in [7, 11) is 0.